The molecule has 9 N–H and O–H groups in total. The normalized spacial score (nSPS) is 10.5. The Kier molecular flexibility index (Phi) is 12.8. The molecular weight excluding hydrogens is 252 g/mol. The van der Waals surface area contributed by atoms with Crippen LogP contribution in [-0.2, 0) is 19.2 Å². The maximum absolute atomic E-state index is 9.85. The summed E-state index contributed by atoms with van der Waals surface area (Å²) in [4.78, 5) is 38.7. The lowest BCUT2D eigenvalue weighted by molar-refractivity contribution is -0.144. The second-order valence-corrected chi connectivity index (χ2v) is 2.55. The monoisotopic (exact) mass is 266 g/mol. The Morgan fingerprint density at radius 3 is 1.39 bits per heavy atom. The van der Waals surface area contributed by atoms with E-state index in [2.05, 4.69) is 0 Å². The lowest BCUT2D eigenvalue weighted by Crippen LogP contribution is -2.32. The van der Waals surface area contributed by atoms with Crippen LogP contribution in [0.2, 0.25) is 0 Å². The van der Waals surface area contributed by atoms with Gasteiger partial charge in [0.2, 0.25) is 0 Å². The summed E-state index contributed by atoms with van der Waals surface area (Å²) >= 11 is 0. The van der Waals surface area contributed by atoms with Crippen LogP contribution in [-0.4, -0.2) is 50.3 Å². The van der Waals surface area contributed by atoms with Crippen molar-refractivity contribution in [2.45, 2.75) is 12.5 Å². The molecule has 0 saturated carbocycles. The van der Waals surface area contributed by atoms with Crippen LogP contribution in [0.1, 0.15) is 6.42 Å². The minimum Gasteiger partial charge on any atom is -0.481 e. The standard InChI is InChI=1S/C4H7NO4.C4H4O4.H3N/c5-2(4(8)9)1-3(6)7;5-3(6)1-2-4(7)8;/h2H,1,5H2,(H,6,7)(H,8,9);1-2H,(H,5,6)(H,7,8);1H3/b;2-1+;/t2-;;/m0../s1. The highest BCUT2D eigenvalue weighted by Gasteiger charge is 2.14. The predicted octanol–water partition coefficient (Wildman–Crippen LogP) is -1.25. The molecule has 0 heterocycles. The molecule has 0 radical (unpaired) electrons. The van der Waals surface area contributed by atoms with Crippen LogP contribution in [0.5, 0.6) is 0 Å². The van der Waals surface area contributed by atoms with Crippen molar-refractivity contribution in [3.05, 3.63) is 12.2 Å². The Bertz CT molecular complexity index is 322. The minimum absolute atomic E-state index is 0. The SMILES string of the molecule is N.N[C@@H](CC(=O)O)C(=O)O.O=C(O)/C=C/C(=O)O. The molecule has 18 heavy (non-hydrogen) atoms. The smallest absolute Gasteiger partial charge is 0.328 e. The summed E-state index contributed by atoms with van der Waals surface area (Å²) in [6, 6.07) is -1.29. The van der Waals surface area contributed by atoms with Gasteiger partial charge in [0.25, 0.3) is 0 Å². The molecule has 0 saturated heterocycles. The molecular formula is C8H14N2O8. The Labute approximate surface area is 101 Å². The van der Waals surface area contributed by atoms with Crippen LogP contribution >= 0.6 is 0 Å². The quantitative estimate of drug-likeness (QED) is 0.325. The number of hydrogen-bond donors (Lipinski definition) is 6. The van der Waals surface area contributed by atoms with Gasteiger partial charge >= 0.3 is 23.9 Å². The van der Waals surface area contributed by atoms with Crippen molar-refractivity contribution in [2.24, 2.45) is 5.73 Å². The maximum Gasteiger partial charge on any atom is 0.328 e. The summed E-state index contributed by atoms with van der Waals surface area (Å²) in [6.07, 6.45) is 0.583. The van der Waals surface area contributed by atoms with Gasteiger partial charge in [0.15, 0.2) is 0 Å². The Hall–Kier alpha value is -2.46. The number of carboxylic acid groups (broad SMARTS) is 4. The fourth-order valence-corrected chi connectivity index (χ4v) is 0.418. The highest BCUT2D eigenvalue weighted by molar-refractivity contribution is 5.89. The lowest BCUT2D eigenvalue weighted by atomic mass is 10.2. The minimum atomic E-state index is -1.29. The Morgan fingerprint density at radius 2 is 1.28 bits per heavy atom. The molecule has 0 aromatic rings. The topological polar surface area (TPSA) is 210 Å². The molecule has 0 aliphatic rings. The number of rotatable bonds is 5. The Morgan fingerprint density at radius 1 is 0.944 bits per heavy atom. The van der Waals surface area contributed by atoms with Crippen molar-refractivity contribution in [1.82, 2.24) is 6.15 Å². The summed E-state index contributed by atoms with van der Waals surface area (Å²) in [5.74, 6) is -5.01. The fourth-order valence-electron chi connectivity index (χ4n) is 0.418. The highest BCUT2D eigenvalue weighted by atomic mass is 16.4. The molecule has 0 aliphatic heterocycles. The lowest BCUT2D eigenvalue weighted by Gasteiger charge is -1.99. The van der Waals surface area contributed by atoms with Crippen molar-refractivity contribution >= 4 is 23.9 Å². The van der Waals surface area contributed by atoms with Crippen LogP contribution in [0.25, 0.3) is 0 Å². The van der Waals surface area contributed by atoms with E-state index in [9.17, 15) is 19.2 Å². The molecule has 104 valence electrons. The van der Waals surface area contributed by atoms with Crippen molar-refractivity contribution in [1.29, 1.82) is 0 Å². The van der Waals surface area contributed by atoms with Crippen molar-refractivity contribution in [3.8, 4) is 0 Å². The second-order valence-electron chi connectivity index (χ2n) is 2.55. The van der Waals surface area contributed by atoms with E-state index in [-0.39, 0.29) is 6.15 Å². The van der Waals surface area contributed by atoms with Gasteiger partial charge in [-0.2, -0.15) is 0 Å². The van der Waals surface area contributed by atoms with Crippen molar-refractivity contribution in [2.75, 3.05) is 0 Å². The molecule has 10 nitrogen and oxygen atoms in total. The molecule has 0 bridgehead atoms. The van der Waals surface area contributed by atoms with Crippen LogP contribution in [0.3, 0.4) is 0 Å². The van der Waals surface area contributed by atoms with Gasteiger partial charge in [-0.25, -0.2) is 9.59 Å². The van der Waals surface area contributed by atoms with Gasteiger partial charge in [-0.05, 0) is 0 Å². The van der Waals surface area contributed by atoms with Crippen LogP contribution in [0.15, 0.2) is 12.2 Å². The van der Waals surface area contributed by atoms with Crippen molar-refractivity contribution < 1.29 is 39.6 Å². The van der Waals surface area contributed by atoms with Crippen molar-refractivity contribution in [3.63, 3.8) is 0 Å². The predicted molar refractivity (Wildman–Crippen MR) is 57.3 cm³/mol. The van der Waals surface area contributed by atoms with Crippen LogP contribution < -0.4 is 11.9 Å². The average molecular weight is 266 g/mol. The summed E-state index contributed by atoms with van der Waals surface area (Å²) < 4.78 is 0. The van der Waals surface area contributed by atoms with E-state index < -0.39 is 36.3 Å². The van der Waals surface area contributed by atoms with Crippen LogP contribution in [0.4, 0.5) is 0 Å². The van der Waals surface area contributed by atoms with E-state index in [0.717, 1.165) is 0 Å². The highest BCUT2D eigenvalue weighted by Crippen LogP contribution is 1.86. The molecule has 0 aliphatic carbocycles. The second kappa shape index (κ2) is 11.0. The average Bonchev–Trinajstić information content (AvgIpc) is 2.14. The van der Waals surface area contributed by atoms with Gasteiger partial charge in [0, 0.05) is 12.2 Å². The van der Waals surface area contributed by atoms with Gasteiger partial charge in [-0.3, -0.25) is 9.59 Å². The van der Waals surface area contributed by atoms with E-state index >= 15 is 0 Å². The zero-order chi connectivity index (χ0) is 14.0. The number of aliphatic carboxylic acids is 4. The first-order valence-corrected chi connectivity index (χ1v) is 4.01. The fraction of sp³-hybridized carbons (Fsp3) is 0.250. The molecule has 0 aromatic heterocycles. The van der Waals surface area contributed by atoms with E-state index in [1.54, 1.807) is 0 Å². The van der Waals surface area contributed by atoms with Gasteiger partial charge in [0.1, 0.15) is 6.04 Å². The molecule has 1 atom stereocenters. The summed E-state index contributed by atoms with van der Waals surface area (Å²) in [5.41, 5.74) is 4.84. The largest absolute Gasteiger partial charge is 0.481 e. The molecule has 0 rings (SSSR count). The molecule has 10 heteroatoms. The van der Waals surface area contributed by atoms with E-state index in [4.69, 9.17) is 26.2 Å². The summed E-state index contributed by atoms with van der Waals surface area (Å²) in [7, 11) is 0. The number of hydrogen-bond acceptors (Lipinski definition) is 6. The van der Waals surface area contributed by atoms with Gasteiger partial charge in [-0.15, -0.1) is 0 Å². The van der Waals surface area contributed by atoms with E-state index in [1.165, 1.54) is 0 Å². The van der Waals surface area contributed by atoms with Gasteiger partial charge < -0.3 is 32.3 Å². The van der Waals surface area contributed by atoms with E-state index in [0.29, 0.717) is 12.2 Å². The molecule has 0 spiro atoms. The summed E-state index contributed by atoms with van der Waals surface area (Å²) in [5, 5.41) is 31.7. The number of carboxylic acids is 4. The number of nitrogens with two attached hydrogens (primary N) is 1. The first-order chi connectivity index (χ1) is 7.66. The zero-order valence-electron chi connectivity index (χ0n) is 9.15. The first kappa shape index (κ1) is 20.9. The molecule has 0 amide bonds. The third-order valence-electron chi connectivity index (χ3n) is 1.08. The van der Waals surface area contributed by atoms with Gasteiger partial charge in [0.05, 0.1) is 6.42 Å². The molecule has 0 aromatic carbocycles. The van der Waals surface area contributed by atoms with E-state index in [1.807, 2.05) is 0 Å². The summed E-state index contributed by atoms with van der Waals surface area (Å²) in [6.45, 7) is 0. The molecule has 0 fully saturated rings. The van der Waals surface area contributed by atoms with Crippen LogP contribution in [0, 0.1) is 0 Å². The van der Waals surface area contributed by atoms with Gasteiger partial charge in [-0.1, -0.05) is 0 Å². The first-order valence-electron chi connectivity index (χ1n) is 4.01. The Balaban J connectivity index is -0.000000238. The zero-order valence-corrected chi connectivity index (χ0v) is 9.15. The maximum atomic E-state index is 9.85. The third-order valence-corrected chi connectivity index (χ3v) is 1.08. The number of carbonyl (C=O) groups is 4. The third kappa shape index (κ3) is 19.2. The molecule has 0 unspecified atom stereocenters.